The number of thiocarbonyl (C=S) groups is 1. The van der Waals surface area contributed by atoms with Crippen molar-refractivity contribution in [3.63, 3.8) is 0 Å². The van der Waals surface area contributed by atoms with Crippen molar-refractivity contribution in [1.29, 1.82) is 0 Å². The monoisotopic (exact) mass is 242 g/mol. The lowest BCUT2D eigenvalue weighted by atomic mass is 10.1. The molecule has 0 fully saturated rings. The number of hydrogen-bond acceptors (Lipinski definition) is 4. The van der Waals surface area contributed by atoms with Crippen molar-refractivity contribution in [3.05, 3.63) is 11.4 Å². The van der Waals surface area contributed by atoms with Crippen LogP contribution in [0.1, 0.15) is 38.1 Å². The Labute approximate surface area is 101 Å². The van der Waals surface area contributed by atoms with E-state index in [0.717, 1.165) is 5.69 Å². The van der Waals surface area contributed by atoms with Gasteiger partial charge >= 0.3 is 0 Å². The molecule has 0 radical (unpaired) electrons. The molecule has 2 N–H and O–H groups in total. The van der Waals surface area contributed by atoms with E-state index in [9.17, 15) is 0 Å². The zero-order valence-corrected chi connectivity index (χ0v) is 10.8. The Morgan fingerprint density at radius 2 is 2.25 bits per heavy atom. The molecule has 0 bridgehead atoms. The van der Waals surface area contributed by atoms with E-state index in [1.54, 1.807) is 0 Å². The van der Waals surface area contributed by atoms with E-state index in [0.29, 0.717) is 30.4 Å². The second kappa shape index (κ2) is 5.91. The third-order valence-corrected chi connectivity index (χ3v) is 2.40. The van der Waals surface area contributed by atoms with E-state index in [2.05, 4.69) is 24.2 Å². The highest BCUT2D eigenvalue weighted by Gasteiger charge is 2.17. The fraction of sp³-hybridized carbons (Fsp3) is 0.700. The van der Waals surface area contributed by atoms with E-state index < -0.39 is 0 Å². The molecule has 1 heterocycles. The van der Waals surface area contributed by atoms with E-state index in [1.807, 2.05) is 11.6 Å². The molecule has 16 heavy (non-hydrogen) atoms. The van der Waals surface area contributed by atoms with Gasteiger partial charge in [-0.1, -0.05) is 31.3 Å². The maximum absolute atomic E-state index is 5.60. The molecular formula is C10H18N4OS. The number of nitrogens with two attached hydrogens (primary N) is 1. The first-order chi connectivity index (χ1) is 7.57. The van der Waals surface area contributed by atoms with Crippen molar-refractivity contribution in [2.75, 3.05) is 13.2 Å². The highest BCUT2D eigenvalue weighted by molar-refractivity contribution is 7.80. The molecule has 0 amide bonds. The molecule has 1 aromatic rings. The average molecular weight is 242 g/mol. The summed E-state index contributed by atoms with van der Waals surface area (Å²) < 4.78 is 7.10. The van der Waals surface area contributed by atoms with Crippen molar-refractivity contribution in [3.8, 4) is 0 Å². The van der Waals surface area contributed by atoms with Gasteiger partial charge < -0.3 is 10.5 Å². The van der Waals surface area contributed by atoms with Crippen LogP contribution >= 0.6 is 12.2 Å². The van der Waals surface area contributed by atoms with Gasteiger partial charge in [-0.2, -0.15) is 0 Å². The lowest BCUT2D eigenvalue weighted by Crippen LogP contribution is -2.16. The number of rotatable bonds is 6. The van der Waals surface area contributed by atoms with Crippen LogP contribution in [0.25, 0.3) is 0 Å². The third-order valence-electron chi connectivity index (χ3n) is 2.21. The first-order valence-corrected chi connectivity index (χ1v) is 5.79. The van der Waals surface area contributed by atoms with Crippen LogP contribution in [0.2, 0.25) is 0 Å². The molecule has 1 aromatic heterocycles. The zero-order chi connectivity index (χ0) is 12.1. The number of hydrogen-bond donors (Lipinski definition) is 1. The van der Waals surface area contributed by atoms with E-state index in [1.165, 1.54) is 0 Å². The minimum absolute atomic E-state index is 0.285. The van der Waals surface area contributed by atoms with Crippen LogP contribution in [0.3, 0.4) is 0 Å². The Morgan fingerprint density at radius 1 is 1.56 bits per heavy atom. The summed E-state index contributed by atoms with van der Waals surface area (Å²) >= 11 is 4.95. The molecule has 0 unspecified atom stereocenters. The van der Waals surface area contributed by atoms with Gasteiger partial charge in [0, 0.05) is 6.61 Å². The molecule has 6 heteroatoms. The molecule has 90 valence electrons. The Morgan fingerprint density at radius 3 is 2.75 bits per heavy atom. The van der Waals surface area contributed by atoms with E-state index >= 15 is 0 Å². The van der Waals surface area contributed by atoms with Crippen molar-refractivity contribution in [1.82, 2.24) is 15.0 Å². The fourth-order valence-electron chi connectivity index (χ4n) is 1.53. The minimum atomic E-state index is 0.285. The number of nitrogens with zero attached hydrogens (tertiary/aromatic N) is 3. The lowest BCUT2D eigenvalue weighted by molar-refractivity contribution is 0.135. The maximum atomic E-state index is 5.60. The van der Waals surface area contributed by atoms with Gasteiger partial charge in [-0.15, -0.1) is 5.10 Å². The average Bonchev–Trinajstić information content (AvgIpc) is 2.62. The van der Waals surface area contributed by atoms with Crippen LogP contribution in [-0.2, 0) is 11.3 Å². The standard InChI is InChI=1S/C10H18N4OS/c1-4-15-6-5-14-9(7(2)3)8(10(11)16)12-13-14/h7H,4-6H2,1-3H3,(H2,11,16). The summed E-state index contributed by atoms with van der Waals surface area (Å²) in [7, 11) is 0. The molecule has 0 atom stereocenters. The second-order valence-electron chi connectivity index (χ2n) is 3.76. The van der Waals surface area contributed by atoms with Crippen LogP contribution in [0.15, 0.2) is 0 Å². The predicted octanol–water partition coefficient (Wildman–Crippen LogP) is 1.07. The largest absolute Gasteiger partial charge is 0.388 e. The van der Waals surface area contributed by atoms with Gasteiger partial charge in [-0.25, -0.2) is 4.68 Å². The van der Waals surface area contributed by atoms with Gasteiger partial charge in [0.2, 0.25) is 0 Å². The molecule has 0 aliphatic rings. The summed E-state index contributed by atoms with van der Waals surface area (Å²) in [4.78, 5) is 0.298. The summed E-state index contributed by atoms with van der Waals surface area (Å²) in [5.41, 5.74) is 7.21. The normalized spacial score (nSPS) is 11.0. The van der Waals surface area contributed by atoms with Crippen LogP contribution < -0.4 is 5.73 Å². The molecule has 0 aromatic carbocycles. The molecule has 0 aliphatic carbocycles. The Kier molecular flexibility index (Phi) is 4.82. The summed E-state index contributed by atoms with van der Waals surface area (Å²) in [6, 6.07) is 0. The van der Waals surface area contributed by atoms with Gasteiger partial charge in [-0.05, 0) is 12.8 Å². The molecule has 1 rings (SSSR count). The summed E-state index contributed by atoms with van der Waals surface area (Å²) in [6.07, 6.45) is 0. The van der Waals surface area contributed by atoms with Gasteiger partial charge in [0.25, 0.3) is 0 Å². The van der Waals surface area contributed by atoms with Gasteiger partial charge in [-0.3, -0.25) is 0 Å². The lowest BCUT2D eigenvalue weighted by Gasteiger charge is -2.10. The summed E-state index contributed by atoms with van der Waals surface area (Å²) in [6.45, 7) is 8.10. The fourth-order valence-corrected chi connectivity index (χ4v) is 1.67. The van der Waals surface area contributed by atoms with Crippen LogP contribution in [0, 0.1) is 0 Å². The second-order valence-corrected chi connectivity index (χ2v) is 4.20. The minimum Gasteiger partial charge on any atom is -0.388 e. The molecule has 0 spiro atoms. The Balaban J connectivity index is 2.87. The van der Waals surface area contributed by atoms with Crippen LogP contribution in [0.4, 0.5) is 0 Å². The number of ether oxygens (including phenoxy) is 1. The van der Waals surface area contributed by atoms with Gasteiger partial charge in [0.1, 0.15) is 10.7 Å². The van der Waals surface area contributed by atoms with Crippen molar-refractivity contribution >= 4 is 17.2 Å². The topological polar surface area (TPSA) is 66.0 Å². The molecule has 0 saturated heterocycles. The molecule has 0 aliphatic heterocycles. The smallest absolute Gasteiger partial charge is 0.143 e. The van der Waals surface area contributed by atoms with Gasteiger partial charge in [0.15, 0.2) is 0 Å². The van der Waals surface area contributed by atoms with E-state index in [4.69, 9.17) is 22.7 Å². The molecule has 5 nitrogen and oxygen atoms in total. The number of aromatic nitrogens is 3. The molecule has 0 saturated carbocycles. The maximum Gasteiger partial charge on any atom is 0.143 e. The van der Waals surface area contributed by atoms with Gasteiger partial charge in [0.05, 0.1) is 18.8 Å². The van der Waals surface area contributed by atoms with Crippen molar-refractivity contribution in [2.24, 2.45) is 5.73 Å². The highest BCUT2D eigenvalue weighted by atomic mass is 32.1. The van der Waals surface area contributed by atoms with Crippen molar-refractivity contribution < 1.29 is 4.74 Å². The molecular weight excluding hydrogens is 224 g/mol. The van der Waals surface area contributed by atoms with Crippen LogP contribution in [-0.4, -0.2) is 33.2 Å². The summed E-state index contributed by atoms with van der Waals surface area (Å²) in [5.74, 6) is 0.285. The quantitative estimate of drug-likeness (QED) is 0.597. The highest BCUT2D eigenvalue weighted by Crippen LogP contribution is 2.17. The zero-order valence-electron chi connectivity index (χ0n) is 9.93. The Bertz CT molecular complexity index is 362. The SMILES string of the molecule is CCOCCn1nnc(C(N)=S)c1C(C)C. The van der Waals surface area contributed by atoms with E-state index in [-0.39, 0.29) is 5.92 Å². The predicted molar refractivity (Wildman–Crippen MR) is 66.5 cm³/mol. The summed E-state index contributed by atoms with van der Waals surface area (Å²) in [5, 5.41) is 8.06. The van der Waals surface area contributed by atoms with Crippen LogP contribution in [0.5, 0.6) is 0 Å². The van der Waals surface area contributed by atoms with Crippen molar-refractivity contribution in [2.45, 2.75) is 33.2 Å². The first kappa shape index (κ1) is 13.1. The Hall–Kier alpha value is -1.01. The third kappa shape index (κ3) is 2.99. The first-order valence-electron chi connectivity index (χ1n) is 5.38.